The average molecular weight is 709 g/mol. The van der Waals surface area contributed by atoms with Gasteiger partial charge in [-0.3, -0.25) is 14.1 Å². The molecule has 0 saturated heterocycles. The zero-order valence-corrected chi connectivity index (χ0v) is 31.7. The average Bonchev–Trinajstić information content (AvgIpc) is 3.07. The Labute approximate surface area is 298 Å². The molecule has 0 heterocycles. The van der Waals surface area contributed by atoms with E-state index in [1.54, 1.807) is 0 Å². The van der Waals surface area contributed by atoms with Crippen molar-refractivity contribution in [2.75, 3.05) is 13.2 Å². The van der Waals surface area contributed by atoms with Crippen LogP contribution in [0.4, 0.5) is 0 Å². The maximum absolute atomic E-state index is 12.3. The number of phosphoric acid groups is 1. The standard InChI is InChI=1S/C40H69O8P/c1-3-5-7-9-11-13-15-17-19-20-21-23-24-26-28-30-32-34-39(41)46-36-38(37-47-49(43,44)45)48-40(42)35-33-31-29-27-25-22-18-16-14-12-10-8-6-4-2/h11,13,16-19,21,23,26,28,38H,3-10,12,14-15,20,22,24-25,27,29-37H2,1-2H3,(H2,43,44,45)/b13-11-,18-16-,19-17-,23-21-,28-26-/t38-/m1/s1. The Bertz CT molecular complexity index is 979. The smallest absolute Gasteiger partial charge is 0.462 e. The highest BCUT2D eigenvalue weighted by Crippen LogP contribution is 2.36. The minimum absolute atomic E-state index is 0.187. The van der Waals surface area contributed by atoms with Crippen molar-refractivity contribution in [3.8, 4) is 0 Å². The molecule has 282 valence electrons. The Morgan fingerprint density at radius 3 is 1.49 bits per heavy atom. The fourth-order valence-corrected chi connectivity index (χ4v) is 5.25. The number of esters is 2. The zero-order chi connectivity index (χ0) is 36.1. The molecule has 0 radical (unpaired) electrons. The first-order valence-electron chi connectivity index (χ1n) is 19.1. The molecule has 0 unspecified atom stereocenters. The monoisotopic (exact) mass is 708 g/mol. The highest BCUT2D eigenvalue weighted by molar-refractivity contribution is 7.46. The van der Waals surface area contributed by atoms with Gasteiger partial charge in [0.1, 0.15) is 6.61 Å². The van der Waals surface area contributed by atoms with E-state index in [0.717, 1.165) is 64.2 Å². The lowest BCUT2D eigenvalue weighted by atomic mass is 10.1. The molecule has 0 bridgehead atoms. The van der Waals surface area contributed by atoms with Crippen molar-refractivity contribution in [1.29, 1.82) is 0 Å². The summed E-state index contributed by atoms with van der Waals surface area (Å²) in [4.78, 5) is 42.7. The lowest BCUT2D eigenvalue weighted by molar-refractivity contribution is -0.161. The topological polar surface area (TPSA) is 119 Å². The number of hydrogen-bond donors (Lipinski definition) is 2. The van der Waals surface area contributed by atoms with E-state index in [1.165, 1.54) is 57.8 Å². The molecule has 0 rings (SSSR count). The molecule has 0 aromatic rings. The Hall–Kier alpha value is -2.25. The third kappa shape index (κ3) is 38.4. The quantitative estimate of drug-likeness (QED) is 0.0293. The van der Waals surface area contributed by atoms with Crippen LogP contribution in [0.2, 0.25) is 0 Å². The van der Waals surface area contributed by atoms with Crippen LogP contribution in [0.3, 0.4) is 0 Å². The summed E-state index contributed by atoms with van der Waals surface area (Å²) in [5.41, 5.74) is 0. The predicted molar refractivity (Wildman–Crippen MR) is 202 cm³/mol. The van der Waals surface area contributed by atoms with Gasteiger partial charge in [-0.15, -0.1) is 0 Å². The van der Waals surface area contributed by atoms with Crippen molar-refractivity contribution >= 4 is 19.8 Å². The molecule has 0 amide bonds. The van der Waals surface area contributed by atoms with Crippen LogP contribution >= 0.6 is 7.82 Å². The molecule has 0 aliphatic rings. The van der Waals surface area contributed by atoms with Gasteiger partial charge in [0.2, 0.25) is 0 Å². The summed E-state index contributed by atoms with van der Waals surface area (Å²) in [6.45, 7) is 3.57. The number of rotatable bonds is 34. The molecule has 49 heavy (non-hydrogen) atoms. The third-order valence-electron chi connectivity index (χ3n) is 7.76. The Balaban J connectivity index is 4.09. The van der Waals surface area contributed by atoms with Gasteiger partial charge in [-0.2, -0.15) is 0 Å². The van der Waals surface area contributed by atoms with Crippen molar-refractivity contribution < 1.29 is 37.9 Å². The minimum Gasteiger partial charge on any atom is -0.462 e. The first-order valence-corrected chi connectivity index (χ1v) is 20.6. The molecule has 9 heteroatoms. The van der Waals surface area contributed by atoms with E-state index < -0.39 is 32.5 Å². The molecule has 0 aliphatic heterocycles. The Morgan fingerprint density at radius 2 is 0.939 bits per heavy atom. The van der Waals surface area contributed by atoms with Gasteiger partial charge in [-0.05, 0) is 77.0 Å². The van der Waals surface area contributed by atoms with Crippen molar-refractivity contribution in [3.63, 3.8) is 0 Å². The number of phosphoric ester groups is 1. The molecule has 8 nitrogen and oxygen atoms in total. The maximum Gasteiger partial charge on any atom is 0.469 e. The number of carbonyl (C=O) groups excluding carboxylic acids is 2. The predicted octanol–water partition coefficient (Wildman–Crippen LogP) is 11.3. The Kier molecular flexibility index (Phi) is 33.9. The number of carbonyl (C=O) groups is 2. The number of unbranched alkanes of at least 4 members (excludes halogenated alkanes) is 14. The second-order valence-electron chi connectivity index (χ2n) is 12.5. The first-order chi connectivity index (χ1) is 23.8. The van der Waals surface area contributed by atoms with Gasteiger partial charge in [0.05, 0.1) is 6.61 Å². The lowest BCUT2D eigenvalue weighted by Crippen LogP contribution is -2.29. The molecule has 0 aliphatic carbocycles. The van der Waals surface area contributed by atoms with Gasteiger partial charge in [0.25, 0.3) is 0 Å². The highest BCUT2D eigenvalue weighted by atomic mass is 31.2. The molecule has 2 N–H and O–H groups in total. The molecule has 0 aromatic carbocycles. The van der Waals surface area contributed by atoms with Gasteiger partial charge in [-0.25, -0.2) is 4.57 Å². The number of hydrogen-bond acceptors (Lipinski definition) is 6. The summed E-state index contributed by atoms with van der Waals surface area (Å²) < 4.78 is 26.2. The fourth-order valence-electron chi connectivity index (χ4n) is 4.89. The van der Waals surface area contributed by atoms with E-state index in [2.05, 4.69) is 73.1 Å². The maximum atomic E-state index is 12.3. The van der Waals surface area contributed by atoms with Crippen LogP contribution in [0, 0.1) is 0 Å². The van der Waals surface area contributed by atoms with Gasteiger partial charge >= 0.3 is 19.8 Å². The van der Waals surface area contributed by atoms with E-state index in [0.29, 0.717) is 12.8 Å². The highest BCUT2D eigenvalue weighted by Gasteiger charge is 2.22. The largest absolute Gasteiger partial charge is 0.469 e. The van der Waals surface area contributed by atoms with Gasteiger partial charge in [0.15, 0.2) is 6.10 Å². The third-order valence-corrected chi connectivity index (χ3v) is 8.24. The van der Waals surface area contributed by atoms with Crippen LogP contribution in [0.1, 0.15) is 162 Å². The molecule has 0 saturated carbocycles. The second-order valence-corrected chi connectivity index (χ2v) is 13.8. The van der Waals surface area contributed by atoms with Crippen molar-refractivity contribution in [1.82, 2.24) is 0 Å². The molecule has 0 aromatic heterocycles. The van der Waals surface area contributed by atoms with Crippen molar-refractivity contribution in [2.45, 2.75) is 168 Å². The summed E-state index contributed by atoms with van der Waals surface area (Å²) in [6, 6.07) is 0. The molecule has 1 atom stereocenters. The summed E-state index contributed by atoms with van der Waals surface area (Å²) >= 11 is 0. The molecular formula is C40H69O8P. The fraction of sp³-hybridized carbons (Fsp3) is 0.700. The van der Waals surface area contributed by atoms with Gasteiger partial charge in [0, 0.05) is 12.8 Å². The van der Waals surface area contributed by atoms with Crippen LogP contribution in [0.15, 0.2) is 60.8 Å². The summed E-state index contributed by atoms with van der Waals surface area (Å²) in [5.74, 6) is -0.965. The first kappa shape index (κ1) is 46.8. The molecule has 0 fully saturated rings. The van der Waals surface area contributed by atoms with Crippen molar-refractivity contribution in [3.05, 3.63) is 60.8 Å². The van der Waals surface area contributed by atoms with Gasteiger partial charge < -0.3 is 19.3 Å². The van der Waals surface area contributed by atoms with Crippen LogP contribution < -0.4 is 0 Å². The number of ether oxygens (including phenoxy) is 2. The number of allylic oxidation sites excluding steroid dienone is 10. The van der Waals surface area contributed by atoms with Crippen LogP contribution in [0.25, 0.3) is 0 Å². The lowest BCUT2D eigenvalue weighted by Gasteiger charge is -2.18. The molecular weight excluding hydrogens is 639 g/mol. The van der Waals surface area contributed by atoms with E-state index >= 15 is 0 Å². The van der Waals surface area contributed by atoms with E-state index in [4.69, 9.17) is 19.3 Å². The van der Waals surface area contributed by atoms with Crippen LogP contribution in [-0.2, 0) is 28.2 Å². The SMILES string of the molecule is CCCCC/C=C\C/C=C\C/C=C\C/C=C\CCCC(=O)OC[C@H](COP(=O)(O)O)OC(=O)CCCCCCC/C=C\CCCCCCC. The normalized spacial score (nSPS) is 13.1. The summed E-state index contributed by atoms with van der Waals surface area (Å²) in [6.07, 6.45) is 43.7. The van der Waals surface area contributed by atoms with Crippen LogP contribution in [-0.4, -0.2) is 41.0 Å². The van der Waals surface area contributed by atoms with Crippen LogP contribution in [0.5, 0.6) is 0 Å². The second kappa shape index (κ2) is 35.6. The summed E-state index contributed by atoms with van der Waals surface area (Å²) in [7, 11) is -4.77. The molecule has 0 spiro atoms. The Morgan fingerprint density at radius 1 is 0.531 bits per heavy atom. The zero-order valence-electron chi connectivity index (χ0n) is 30.8. The van der Waals surface area contributed by atoms with Gasteiger partial charge in [-0.1, -0.05) is 132 Å². The van der Waals surface area contributed by atoms with Crippen molar-refractivity contribution in [2.24, 2.45) is 0 Å². The van der Waals surface area contributed by atoms with E-state index in [-0.39, 0.29) is 19.4 Å². The minimum atomic E-state index is -4.77. The summed E-state index contributed by atoms with van der Waals surface area (Å²) in [5, 5.41) is 0. The van der Waals surface area contributed by atoms with E-state index in [9.17, 15) is 14.2 Å². The van der Waals surface area contributed by atoms with E-state index in [1.807, 2.05) is 6.08 Å².